The van der Waals surface area contributed by atoms with Crippen molar-refractivity contribution in [1.82, 2.24) is 0 Å². The van der Waals surface area contributed by atoms with Crippen LogP contribution in [0, 0.1) is 0 Å². The summed E-state index contributed by atoms with van der Waals surface area (Å²) in [5.41, 5.74) is 2.08. The summed E-state index contributed by atoms with van der Waals surface area (Å²) in [5, 5.41) is 18.3. The molecule has 0 saturated heterocycles. The van der Waals surface area contributed by atoms with Crippen molar-refractivity contribution < 1.29 is 19.7 Å². The van der Waals surface area contributed by atoms with Crippen molar-refractivity contribution in [2.24, 2.45) is 0 Å². The van der Waals surface area contributed by atoms with Crippen LogP contribution in [0.15, 0.2) is 48.5 Å². The lowest BCUT2D eigenvalue weighted by atomic mass is 10.2. The molecule has 2 aromatic rings. The molecule has 4 nitrogen and oxygen atoms in total. The van der Waals surface area contributed by atoms with Gasteiger partial charge in [-0.15, -0.1) is 0 Å². The molecular formula is C17H20O4. The van der Waals surface area contributed by atoms with Crippen molar-refractivity contribution in [3.05, 3.63) is 59.7 Å². The van der Waals surface area contributed by atoms with E-state index in [4.69, 9.17) is 19.7 Å². The van der Waals surface area contributed by atoms with Crippen LogP contribution in [-0.4, -0.2) is 23.4 Å². The zero-order valence-electron chi connectivity index (χ0n) is 11.9. The molecule has 0 heterocycles. The summed E-state index contributed by atoms with van der Waals surface area (Å²) in [7, 11) is 0. The fraction of sp³-hybridized carbons (Fsp3) is 0.294. The van der Waals surface area contributed by atoms with E-state index in [1.54, 1.807) is 24.3 Å². The summed E-state index contributed by atoms with van der Waals surface area (Å²) in [6, 6.07) is 14.0. The number of rotatable bonds is 8. The zero-order valence-corrected chi connectivity index (χ0v) is 11.9. The smallest absolute Gasteiger partial charge is 0.115 e. The van der Waals surface area contributed by atoms with E-state index in [0.717, 1.165) is 17.5 Å². The maximum atomic E-state index is 9.16. The van der Waals surface area contributed by atoms with Gasteiger partial charge in [0.05, 0.1) is 13.2 Å². The highest BCUT2D eigenvalue weighted by Gasteiger charge is 1.96. The topological polar surface area (TPSA) is 58.9 Å². The Morgan fingerprint density at radius 2 is 1.00 bits per heavy atom. The van der Waals surface area contributed by atoms with Crippen LogP contribution in [0.3, 0.4) is 0 Å². The van der Waals surface area contributed by atoms with Gasteiger partial charge in [-0.1, -0.05) is 24.3 Å². The molecule has 112 valence electrons. The second-order valence-electron chi connectivity index (χ2n) is 4.79. The van der Waals surface area contributed by atoms with Gasteiger partial charge in [-0.25, -0.2) is 0 Å². The van der Waals surface area contributed by atoms with E-state index in [1.807, 2.05) is 24.3 Å². The molecule has 0 aliphatic heterocycles. The highest BCUT2D eigenvalue weighted by atomic mass is 16.5. The predicted octanol–water partition coefficient (Wildman–Crippen LogP) is 3.22. The Bertz CT molecular complexity index is 470. The molecule has 0 atom stereocenters. The molecule has 0 aromatic heterocycles. The van der Waals surface area contributed by atoms with E-state index in [-0.39, 0.29) is 11.5 Å². The number of hydrogen-bond acceptors (Lipinski definition) is 4. The minimum atomic E-state index is 0.265. The van der Waals surface area contributed by atoms with Crippen molar-refractivity contribution in [2.75, 3.05) is 13.2 Å². The number of phenols is 2. The molecule has 0 aliphatic rings. The van der Waals surface area contributed by atoms with Crippen LogP contribution in [0.25, 0.3) is 0 Å². The standard InChI is InChI=1S/C17H20O4/c18-16-6-2-14(3-7-16)12-20-10-1-11-21-13-15-4-8-17(19)9-5-15/h2-9,18-19H,1,10-13H2. The molecule has 2 rings (SSSR count). The highest BCUT2D eigenvalue weighted by Crippen LogP contribution is 2.11. The predicted molar refractivity (Wildman–Crippen MR) is 80.1 cm³/mol. The van der Waals surface area contributed by atoms with E-state index in [9.17, 15) is 0 Å². The molecular weight excluding hydrogens is 268 g/mol. The highest BCUT2D eigenvalue weighted by molar-refractivity contribution is 5.26. The summed E-state index contributed by atoms with van der Waals surface area (Å²) in [6.07, 6.45) is 0.830. The summed E-state index contributed by atoms with van der Waals surface area (Å²) in [5.74, 6) is 0.530. The van der Waals surface area contributed by atoms with E-state index < -0.39 is 0 Å². The molecule has 0 aliphatic carbocycles. The minimum absolute atomic E-state index is 0.265. The molecule has 0 fully saturated rings. The van der Waals surface area contributed by atoms with Gasteiger partial charge in [0.1, 0.15) is 11.5 Å². The minimum Gasteiger partial charge on any atom is -0.508 e. The Kier molecular flexibility index (Phi) is 6.06. The molecule has 21 heavy (non-hydrogen) atoms. The van der Waals surface area contributed by atoms with Gasteiger partial charge in [0.15, 0.2) is 0 Å². The number of aromatic hydroxyl groups is 2. The number of phenolic OH excluding ortho intramolecular Hbond substituents is 2. The van der Waals surface area contributed by atoms with Gasteiger partial charge in [-0.3, -0.25) is 0 Å². The zero-order chi connectivity index (χ0) is 14.9. The number of ether oxygens (including phenoxy) is 2. The van der Waals surface area contributed by atoms with Crippen LogP contribution in [0.5, 0.6) is 11.5 Å². The molecule has 0 radical (unpaired) electrons. The molecule has 0 spiro atoms. The molecule has 0 unspecified atom stereocenters. The third-order valence-electron chi connectivity index (χ3n) is 2.99. The first-order valence-corrected chi connectivity index (χ1v) is 6.95. The third kappa shape index (κ3) is 5.85. The summed E-state index contributed by atoms with van der Waals surface area (Å²) in [4.78, 5) is 0. The first-order chi connectivity index (χ1) is 10.2. The average molecular weight is 288 g/mol. The van der Waals surface area contributed by atoms with Crippen molar-refractivity contribution in [1.29, 1.82) is 0 Å². The third-order valence-corrected chi connectivity index (χ3v) is 2.99. The average Bonchev–Trinajstić information content (AvgIpc) is 2.50. The van der Waals surface area contributed by atoms with Gasteiger partial charge in [0.2, 0.25) is 0 Å². The summed E-state index contributed by atoms with van der Waals surface area (Å²) >= 11 is 0. The number of benzene rings is 2. The van der Waals surface area contributed by atoms with Gasteiger partial charge in [-0.2, -0.15) is 0 Å². The van der Waals surface area contributed by atoms with Crippen molar-refractivity contribution in [3.8, 4) is 11.5 Å². The first kappa shape index (κ1) is 15.4. The SMILES string of the molecule is Oc1ccc(COCCCOCc2ccc(O)cc2)cc1. The van der Waals surface area contributed by atoms with Crippen molar-refractivity contribution >= 4 is 0 Å². The van der Waals surface area contributed by atoms with Crippen molar-refractivity contribution in [3.63, 3.8) is 0 Å². The number of hydrogen-bond donors (Lipinski definition) is 2. The fourth-order valence-electron chi connectivity index (χ4n) is 1.83. The maximum Gasteiger partial charge on any atom is 0.115 e. The van der Waals surface area contributed by atoms with Gasteiger partial charge in [0, 0.05) is 13.2 Å². The lowest BCUT2D eigenvalue weighted by Gasteiger charge is -2.06. The Morgan fingerprint density at radius 1 is 0.619 bits per heavy atom. The van der Waals surface area contributed by atoms with Crippen LogP contribution in [0.2, 0.25) is 0 Å². The molecule has 0 bridgehead atoms. The quantitative estimate of drug-likeness (QED) is 0.732. The van der Waals surface area contributed by atoms with Crippen LogP contribution in [-0.2, 0) is 22.7 Å². The molecule has 0 amide bonds. The Labute approximate surface area is 124 Å². The van der Waals surface area contributed by atoms with Crippen LogP contribution >= 0.6 is 0 Å². The molecule has 0 saturated carbocycles. The Hall–Kier alpha value is -2.04. The van der Waals surface area contributed by atoms with Crippen molar-refractivity contribution in [2.45, 2.75) is 19.6 Å². The summed E-state index contributed by atoms with van der Waals surface area (Å²) < 4.78 is 11.1. The molecule has 4 heteroatoms. The monoisotopic (exact) mass is 288 g/mol. The molecule has 2 N–H and O–H groups in total. The van der Waals surface area contributed by atoms with Crippen LogP contribution < -0.4 is 0 Å². The Morgan fingerprint density at radius 3 is 1.38 bits per heavy atom. The van der Waals surface area contributed by atoms with E-state index in [1.165, 1.54) is 0 Å². The van der Waals surface area contributed by atoms with Gasteiger partial charge < -0.3 is 19.7 Å². The largest absolute Gasteiger partial charge is 0.508 e. The van der Waals surface area contributed by atoms with Crippen LogP contribution in [0.4, 0.5) is 0 Å². The van der Waals surface area contributed by atoms with Gasteiger partial charge >= 0.3 is 0 Å². The summed E-state index contributed by atoms with van der Waals surface area (Å²) in [6.45, 7) is 2.35. The second kappa shape index (κ2) is 8.29. The second-order valence-corrected chi connectivity index (χ2v) is 4.79. The first-order valence-electron chi connectivity index (χ1n) is 6.95. The maximum absolute atomic E-state index is 9.16. The van der Waals surface area contributed by atoms with Crippen LogP contribution in [0.1, 0.15) is 17.5 Å². The van der Waals surface area contributed by atoms with Gasteiger partial charge in [-0.05, 0) is 41.8 Å². The molecule has 2 aromatic carbocycles. The van der Waals surface area contributed by atoms with E-state index in [2.05, 4.69) is 0 Å². The normalized spacial score (nSPS) is 10.7. The van der Waals surface area contributed by atoms with E-state index >= 15 is 0 Å². The fourth-order valence-corrected chi connectivity index (χ4v) is 1.83. The van der Waals surface area contributed by atoms with E-state index in [0.29, 0.717) is 26.4 Å². The van der Waals surface area contributed by atoms with Gasteiger partial charge in [0.25, 0.3) is 0 Å². The lowest BCUT2D eigenvalue weighted by molar-refractivity contribution is 0.0695. The lowest BCUT2D eigenvalue weighted by Crippen LogP contribution is -2.01. The Balaban J connectivity index is 1.52.